The minimum atomic E-state index is -1.05. The van der Waals surface area contributed by atoms with E-state index in [2.05, 4.69) is 15.6 Å². The largest absolute Gasteiger partial charge is 0.478 e. The van der Waals surface area contributed by atoms with Crippen LogP contribution in [0.25, 0.3) is 11.0 Å². The summed E-state index contributed by atoms with van der Waals surface area (Å²) in [4.78, 5) is 33.8. The molecule has 1 aliphatic heterocycles. The molecule has 2 N–H and O–H groups in total. The number of aromatic carboxylic acids is 1. The third-order valence-corrected chi connectivity index (χ3v) is 3.22. The van der Waals surface area contributed by atoms with E-state index in [0.717, 1.165) is 0 Å². The maximum atomic E-state index is 11.8. The first-order chi connectivity index (χ1) is 9.56. The van der Waals surface area contributed by atoms with Gasteiger partial charge in [-0.05, 0) is 24.6 Å². The number of hydrogen-bond donors (Lipinski definition) is 2. The van der Waals surface area contributed by atoms with Crippen LogP contribution < -0.4 is 5.32 Å². The Kier molecular flexibility index (Phi) is 2.70. The van der Waals surface area contributed by atoms with Gasteiger partial charge in [-0.2, -0.15) is 0 Å². The maximum Gasteiger partial charge on any atom is 0.335 e. The van der Waals surface area contributed by atoms with E-state index in [9.17, 15) is 14.4 Å². The molecule has 1 atom stereocenters. The maximum absolute atomic E-state index is 11.8. The van der Waals surface area contributed by atoms with Crippen LogP contribution >= 0.6 is 0 Å². The number of hydrogen-bond acceptors (Lipinski definition) is 5. The normalized spacial score (nSPS) is 19.1. The van der Waals surface area contributed by atoms with E-state index < -0.39 is 17.9 Å². The Balaban J connectivity index is 2.02. The highest BCUT2D eigenvalue weighted by atomic mass is 16.4. The van der Waals surface area contributed by atoms with Crippen LogP contribution in [0.3, 0.4) is 0 Å². The molecule has 2 heterocycles. The first kappa shape index (κ1) is 12.3. The molecule has 20 heavy (non-hydrogen) atoms. The summed E-state index contributed by atoms with van der Waals surface area (Å²) in [5.41, 5.74) is 1.06. The molecule has 1 aromatic heterocycles. The smallest absolute Gasteiger partial charge is 0.335 e. The van der Waals surface area contributed by atoms with Gasteiger partial charge in [-0.1, -0.05) is 5.21 Å². The number of carboxylic acid groups (broad SMARTS) is 1. The molecule has 0 aliphatic carbocycles. The highest BCUT2D eigenvalue weighted by molar-refractivity contribution is 6.00. The topological polar surface area (TPSA) is 114 Å². The Morgan fingerprint density at radius 2 is 2.20 bits per heavy atom. The van der Waals surface area contributed by atoms with Crippen molar-refractivity contribution >= 4 is 28.8 Å². The Hall–Kier alpha value is -2.77. The fraction of sp³-hybridized carbons (Fsp3) is 0.250. The SMILES string of the molecule is O=C1CCC(n2nnc3cc(C(=O)O)ccc32)C(=O)N1. The van der Waals surface area contributed by atoms with E-state index in [-0.39, 0.29) is 17.9 Å². The molecule has 8 nitrogen and oxygen atoms in total. The van der Waals surface area contributed by atoms with Gasteiger partial charge < -0.3 is 5.11 Å². The Labute approximate surface area is 112 Å². The third kappa shape index (κ3) is 1.91. The summed E-state index contributed by atoms with van der Waals surface area (Å²) in [6.45, 7) is 0. The number of amides is 2. The number of nitrogens with one attached hydrogen (secondary N) is 1. The van der Waals surface area contributed by atoms with Crippen molar-refractivity contribution in [3.63, 3.8) is 0 Å². The van der Waals surface area contributed by atoms with Crippen molar-refractivity contribution in [2.75, 3.05) is 0 Å². The number of carbonyl (C=O) groups is 3. The van der Waals surface area contributed by atoms with Crippen LogP contribution in [0.1, 0.15) is 29.2 Å². The van der Waals surface area contributed by atoms with Crippen LogP contribution in [-0.4, -0.2) is 37.9 Å². The van der Waals surface area contributed by atoms with Crippen LogP contribution in [0.4, 0.5) is 0 Å². The molecular weight excluding hydrogens is 264 g/mol. The highest BCUT2D eigenvalue weighted by Gasteiger charge is 2.30. The van der Waals surface area contributed by atoms with Crippen molar-refractivity contribution in [1.82, 2.24) is 20.3 Å². The lowest BCUT2D eigenvalue weighted by Crippen LogP contribution is -2.42. The number of carboxylic acids is 1. The molecule has 0 radical (unpaired) electrons. The zero-order valence-electron chi connectivity index (χ0n) is 10.2. The van der Waals surface area contributed by atoms with Crippen LogP contribution in [0.15, 0.2) is 18.2 Å². The van der Waals surface area contributed by atoms with Crippen LogP contribution in [0.2, 0.25) is 0 Å². The van der Waals surface area contributed by atoms with Gasteiger partial charge in [-0.3, -0.25) is 14.9 Å². The average Bonchev–Trinajstić information content (AvgIpc) is 2.81. The monoisotopic (exact) mass is 274 g/mol. The molecule has 1 saturated heterocycles. The van der Waals surface area contributed by atoms with Gasteiger partial charge >= 0.3 is 5.97 Å². The summed E-state index contributed by atoms with van der Waals surface area (Å²) in [7, 11) is 0. The standard InChI is InChI=1S/C12H10N4O4/c17-10-4-3-9(11(18)13-10)16-8-2-1-6(12(19)20)5-7(8)14-15-16/h1-2,5,9H,3-4H2,(H,19,20)(H,13,17,18). The number of imide groups is 1. The first-order valence-corrected chi connectivity index (χ1v) is 5.98. The summed E-state index contributed by atoms with van der Waals surface area (Å²) in [6.07, 6.45) is 0.592. The number of rotatable bonds is 2. The predicted octanol–water partition coefficient (Wildman–Crippen LogP) is 0.107. The minimum absolute atomic E-state index is 0.104. The quantitative estimate of drug-likeness (QED) is 0.751. The van der Waals surface area contributed by atoms with Crippen molar-refractivity contribution < 1.29 is 19.5 Å². The molecule has 1 unspecified atom stereocenters. The molecule has 8 heteroatoms. The summed E-state index contributed by atoms with van der Waals surface area (Å²) in [5, 5.41) is 18.9. The van der Waals surface area contributed by atoms with E-state index in [4.69, 9.17) is 5.11 Å². The average molecular weight is 274 g/mol. The Bertz CT molecular complexity index is 736. The fourth-order valence-corrected chi connectivity index (χ4v) is 2.22. The van der Waals surface area contributed by atoms with Gasteiger partial charge in [0.05, 0.1) is 11.1 Å². The highest BCUT2D eigenvalue weighted by Crippen LogP contribution is 2.23. The van der Waals surface area contributed by atoms with Crippen molar-refractivity contribution in [2.45, 2.75) is 18.9 Å². The molecule has 1 aliphatic rings. The molecule has 3 rings (SSSR count). The number of piperidine rings is 1. The van der Waals surface area contributed by atoms with Crippen molar-refractivity contribution in [3.8, 4) is 0 Å². The molecule has 2 aromatic rings. The van der Waals surface area contributed by atoms with Gasteiger partial charge in [-0.25, -0.2) is 9.48 Å². The van der Waals surface area contributed by atoms with E-state index in [1.807, 2.05) is 0 Å². The molecule has 2 amide bonds. The van der Waals surface area contributed by atoms with Gasteiger partial charge in [0.1, 0.15) is 11.6 Å². The van der Waals surface area contributed by atoms with Gasteiger partial charge in [-0.15, -0.1) is 5.10 Å². The lowest BCUT2D eigenvalue weighted by atomic mass is 10.1. The van der Waals surface area contributed by atoms with Crippen LogP contribution in [0.5, 0.6) is 0 Å². The minimum Gasteiger partial charge on any atom is -0.478 e. The molecule has 102 valence electrons. The zero-order valence-corrected chi connectivity index (χ0v) is 10.2. The molecule has 0 spiro atoms. The molecular formula is C12H10N4O4. The van der Waals surface area contributed by atoms with Crippen molar-refractivity contribution in [2.24, 2.45) is 0 Å². The van der Waals surface area contributed by atoms with Gasteiger partial charge in [0.25, 0.3) is 5.91 Å². The lowest BCUT2D eigenvalue weighted by molar-refractivity contribution is -0.135. The van der Waals surface area contributed by atoms with Gasteiger partial charge in [0.2, 0.25) is 5.91 Å². The second-order valence-electron chi connectivity index (χ2n) is 4.51. The summed E-state index contributed by atoms with van der Waals surface area (Å²) in [6, 6.07) is 3.78. The van der Waals surface area contributed by atoms with Crippen LogP contribution in [0, 0.1) is 0 Å². The van der Waals surface area contributed by atoms with E-state index in [1.54, 1.807) is 6.07 Å². The molecule has 0 saturated carbocycles. The van der Waals surface area contributed by atoms with Gasteiger partial charge in [0, 0.05) is 6.42 Å². The number of benzene rings is 1. The fourth-order valence-electron chi connectivity index (χ4n) is 2.22. The second kappa shape index (κ2) is 4.41. The lowest BCUT2D eigenvalue weighted by Gasteiger charge is -2.20. The number of aromatic nitrogens is 3. The summed E-state index contributed by atoms with van der Waals surface area (Å²) >= 11 is 0. The Morgan fingerprint density at radius 1 is 1.40 bits per heavy atom. The van der Waals surface area contributed by atoms with Crippen LogP contribution in [-0.2, 0) is 9.59 Å². The van der Waals surface area contributed by atoms with Crippen molar-refractivity contribution in [3.05, 3.63) is 23.8 Å². The summed E-state index contributed by atoms with van der Waals surface area (Å²) in [5.74, 6) is -1.78. The van der Waals surface area contributed by atoms with Crippen molar-refractivity contribution in [1.29, 1.82) is 0 Å². The number of fused-ring (bicyclic) bond motifs is 1. The van der Waals surface area contributed by atoms with E-state index in [1.165, 1.54) is 16.8 Å². The predicted molar refractivity (Wildman–Crippen MR) is 65.9 cm³/mol. The molecule has 0 bridgehead atoms. The summed E-state index contributed by atoms with van der Waals surface area (Å²) < 4.78 is 1.42. The number of carbonyl (C=O) groups excluding carboxylic acids is 2. The van der Waals surface area contributed by atoms with E-state index >= 15 is 0 Å². The van der Waals surface area contributed by atoms with Gasteiger partial charge in [0.15, 0.2) is 0 Å². The second-order valence-corrected chi connectivity index (χ2v) is 4.51. The third-order valence-electron chi connectivity index (χ3n) is 3.22. The zero-order chi connectivity index (χ0) is 14.3. The molecule has 1 aromatic carbocycles. The molecule has 1 fully saturated rings. The first-order valence-electron chi connectivity index (χ1n) is 5.98. The number of nitrogens with zero attached hydrogens (tertiary/aromatic N) is 3. The van der Waals surface area contributed by atoms with E-state index in [0.29, 0.717) is 17.5 Å². The Morgan fingerprint density at radius 3 is 2.90 bits per heavy atom.